The molecule has 172 valence electrons. The molecule has 7 heteroatoms. The molecule has 6 nitrogen and oxygen atoms in total. The van der Waals surface area contributed by atoms with Crippen molar-refractivity contribution in [1.82, 2.24) is 10.2 Å². The fraction of sp³-hybridized carbons (Fsp3) is 0.148. The van der Waals surface area contributed by atoms with Gasteiger partial charge in [0.25, 0.3) is 0 Å². The van der Waals surface area contributed by atoms with Gasteiger partial charge in [-0.05, 0) is 35.4 Å². The molecule has 3 aromatic carbocycles. The summed E-state index contributed by atoms with van der Waals surface area (Å²) in [4.78, 5) is 13.0. The largest absolute Gasteiger partial charge is 0.326 e. The lowest BCUT2D eigenvalue weighted by Crippen LogP contribution is -2.16. The van der Waals surface area contributed by atoms with Crippen LogP contribution in [0, 0.1) is 0 Å². The van der Waals surface area contributed by atoms with E-state index in [0.29, 0.717) is 17.8 Å². The number of anilines is 1. The second kappa shape index (κ2) is 10.4. The maximum atomic E-state index is 13.0. The number of hydrogen-bond acceptors (Lipinski definition) is 5. The molecule has 0 bridgehead atoms. The maximum Gasteiger partial charge on any atom is 0.225 e. The van der Waals surface area contributed by atoms with E-state index in [1.54, 1.807) is 19.1 Å². The van der Waals surface area contributed by atoms with E-state index in [-0.39, 0.29) is 22.6 Å². The quantitative estimate of drug-likeness (QED) is 0.386. The number of aromatic nitrogens is 2. The number of nitrogens with one attached hydrogen (secondary N) is 1. The minimum absolute atomic E-state index is 0.0322. The van der Waals surface area contributed by atoms with Crippen molar-refractivity contribution in [3.63, 3.8) is 0 Å². The Bertz CT molecular complexity index is 1320. The second-order valence-electron chi connectivity index (χ2n) is 7.87. The summed E-state index contributed by atoms with van der Waals surface area (Å²) < 4.78 is 23.9. The third kappa shape index (κ3) is 5.55. The fourth-order valence-electron chi connectivity index (χ4n) is 3.74. The minimum atomic E-state index is -3.41. The lowest BCUT2D eigenvalue weighted by Gasteiger charge is -2.18. The summed E-state index contributed by atoms with van der Waals surface area (Å²) in [6, 6.07) is 30.3. The number of carbonyl (C=O) groups is 1. The van der Waals surface area contributed by atoms with E-state index in [1.807, 2.05) is 78.9 Å². The van der Waals surface area contributed by atoms with Crippen LogP contribution in [-0.4, -0.2) is 30.3 Å². The molecule has 34 heavy (non-hydrogen) atoms. The molecule has 0 aliphatic rings. The Kier molecular flexibility index (Phi) is 7.13. The van der Waals surface area contributed by atoms with Gasteiger partial charge in [-0.15, -0.1) is 10.2 Å². The molecule has 0 aliphatic heterocycles. The molecule has 1 heterocycles. The Hall–Kier alpha value is -3.84. The zero-order chi connectivity index (χ0) is 24.0. The number of hydrogen-bond donors (Lipinski definition) is 1. The van der Waals surface area contributed by atoms with Crippen molar-refractivity contribution in [2.75, 3.05) is 11.1 Å². The minimum Gasteiger partial charge on any atom is -0.326 e. The standard InChI is InChI=1S/C27H25N3O3S/c1-2-34(32,33)27-17-16-25(29-30-27)22-14-9-15-23(18-22)28-26(31)19-24(20-10-5-3-6-11-20)21-12-7-4-8-13-21/h3-18,24H,2,19H2,1H3,(H,28,31). The van der Waals surface area contributed by atoms with Gasteiger partial charge < -0.3 is 5.32 Å². The van der Waals surface area contributed by atoms with E-state index < -0.39 is 9.84 Å². The van der Waals surface area contributed by atoms with Crippen LogP contribution in [0.3, 0.4) is 0 Å². The normalized spacial score (nSPS) is 11.4. The summed E-state index contributed by atoms with van der Waals surface area (Å²) in [5, 5.41) is 10.9. The number of benzene rings is 3. The highest BCUT2D eigenvalue weighted by Crippen LogP contribution is 2.29. The predicted molar refractivity (Wildman–Crippen MR) is 133 cm³/mol. The van der Waals surface area contributed by atoms with Crippen LogP contribution >= 0.6 is 0 Å². The van der Waals surface area contributed by atoms with Crippen LogP contribution in [0.1, 0.15) is 30.4 Å². The SMILES string of the molecule is CCS(=O)(=O)c1ccc(-c2cccc(NC(=O)CC(c3ccccc3)c3ccccc3)c2)nn1. The third-order valence-electron chi connectivity index (χ3n) is 5.57. The Morgan fingerprint density at radius 2 is 1.47 bits per heavy atom. The highest BCUT2D eigenvalue weighted by molar-refractivity contribution is 7.91. The zero-order valence-electron chi connectivity index (χ0n) is 18.8. The zero-order valence-corrected chi connectivity index (χ0v) is 19.6. The van der Waals surface area contributed by atoms with Crippen molar-refractivity contribution < 1.29 is 13.2 Å². The number of amides is 1. The van der Waals surface area contributed by atoms with Crippen LogP contribution in [0.4, 0.5) is 5.69 Å². The summed E-state index contributed by atoms with van der Waals surface area (Å²) in [6.45, 7) is 1.57. The number of carbonyl (C=O) groups excluding carboxylic acids is 1. The van der Waals surface area contributed by atoms with Gasteiger partial charge in [-0.2, -0.15) is 0 Å². The van der Waals surface area contributed by atoms with Crippen molar-refractivity contribution in [2.45, 2.75) is 24.3 Å². The highest BCUT2D eigenvalue weighted by Gasteiger charge is 2.18. The molecule has 4 rings (SSSR count). The van der Waals surface area contributed by atoms with Crippen molar-refractivity contribution in [3.05, 3.63) is 108 Å². The van der Waals surface area contributed by atoms with Gasteiger partial charge in [-0.3, -0.25) is 4.79 Å². The Morgan fingerprint density at radius 1 is 0.824 bits per heavy atom. The van der Waals surface area contributed by atoms with Crippen LogP contribution in [0.2, 0.25) is 0 Å². The Balaban J connectivity index is 1.52. The van der Waals surface area contributed by atoms with Gasteiger partial charge in [0.05, 0.1) is 11.4 Å². The first-order valence-corrected chi connectivity index (χ1v) is 12.7. The van der Waals surface area contributed by atoms with Gasteiger partial charge in [0.2, 0.25) is 5.91 Å². The van der Waals surface area contributed by atoms with E-state index in [2.05, 4.69) is 15.5 Å². The van der Waals surface area contributed by atoms with Crippen molar-refractivity contribution >= 4 is 21.4 Å². The number of rotatable bonds is 8. The Morgan fingerprint density at radius 3 is 2.03 bits per heavy atom. The van der Waals surface area contributed by atoms with E-state index in [9.17, 15) is 13.2 Å². The molecule has 1 N–H and O–H groups in total. The molecular formula is C27H25N3O3S. The lowest BCUT2D eigenvalue weighted by atomic mass is 9.88. The van der Waals surface area contributed by atoms with Crippen molar-refractivity contribution in [2.24, 2.45) is 0 Å². The van der Waals surface area contributed by atoms with Gasteiger partial charge in [-0.25, -0.2) is 8.42 Å². The molecule has 4 aromatic rings. The van der Waals surface area contributed by atoms with Crippen LogP contribution in [0.15, 0.2) is 102 Å². The first kappa shape index (κ1) is 23.3. The molecular weight excluding hydrogens is 446 g/mol. The average molecular weight is 472 g/mol. The van der Waals surface area contributed by atoms with E-state index in [0.717, 1.165) is 16.7 Å². The molecule has 0 radical (unpaired) electrons. The Labute approximate surface area is 199 Å². The molecule has 0 atom stereocenters. The van der Waals surface area contributed by atoms with Crippen LogP contribution in [0.25, 0.3) is 11.3 Å². The van der Waals surface area contributed by atoms with Gasteiger partial charge in [0.15, 0.2) is 14.9 Å². The summed E-state index contributed by atoms with van der Waals surface area (Å²) in [7, 11) is -3.41. The van der Waals surface area contributed by atoms with E-state index >= 15 is 0 Å². The molecule has 1 amide bonds. The predicted octanol–water partition coefficient (Wildman–Crippen LogP) is 5.10. The number of nitrogens with zero attached hydrogens (tertiary/aromatic N) is 2. The molecule has 0 unspecified atom stereocenters. The van der Waals surface area contributed by atoms with Gasteiger partial charge >= 0.3 is 0 Å². The third-order valence-corrected chi connectivity index (χ3v) is 7.19. The summed E-state index contributed by atoms with van der Waals surface area (Å²) in [6.07, 6.45) is 0.293. The fourth-order valence-corrected chi connectivity index (χ4v) is 4.48. The summed E-state index contributed by atoms with van der Waals surface area (Å²) >= 11 is 0. The van der Waals surface area contributed by atoms with Gasteiger partial charge in [-0.1, -0.05) is 79.7 Å². The monoisotopic (exact) mass is 471 g/mol. The first-order valence-electron chi connectivity index (χ1n) is 11.0. The van der Waals surface area contributed by atoms with E-state index in [4.69, 9.17) is 0 Å². The summed E-state index contributed by atoms with van der Waals surface area (Å²) in [5.41, 5.74) is 4.05. The average Bonchev–Trinajstić information content (AvgIpc) is 2.88. The number of sulfone groups is 1. The second-order valence-corrected chi connectivity index (χ2v) is 10.1. The molecule has 1 aromatic heterocycles. The van der Waals surface area contributed by atoms with Gasteiger partial charge in [0, 0.05) is 23.6 Å². The van der Waals surface area contributed by atoms with Crippen molar-refractivity contribution in [1.29, 1.82) is 0 Å². The molecule has 0 saturated carbocycles. The van der Waals surface area contributed by atoms with Gasteiger partial charge in [0.1, 0.15) is 0 Å². The molecule has 0 saturated heterocycles. The molecule has 0 aliphatic carbocycles. The maximum absolute atomic E-state index is 13.0. The van der Waals surface area contributed by atoms with Crippen LogP contribution < -0.4 is 5.32 Å². The molecule has 0 spiro atoms. The van der Waals surface area contributed by atoms with Crippen LogP contribution in [0.5, 0.6) is 0 Å². The topological polar surface area (TPSA) is 89.0 Å². The van der Waals surface area contributed by atoms with E-state index in [1.165, 1.54) is 6.07 Å². The van der Waals surface area contributed by atoms with Crippen LogP contribution in [-0.2, 0) is 14.6 Å². The first-order chi connectivity index (χ1) is 16.5. The van der Waals surface area contributed by atoms with Crippen molar-refractivity contribution in [3.8, 4) is 11.3 Å². The molecule has 0 fully saturated rings. The highest BCUT2D eigenvalue weighted by atomic mass is 32.2. The smallest absolute Gasteiger partial charge is 0.225 e. The lowest BCUT2D eigenvalue weighted by molar-refractivity contribution is -0.116. The summed E-state index contributed by atoms with van der Waals surface area (Å²) in [5.74, 6) is -0.204.